The van der Waals surface area contributed by atoms with E-state index in [1.165, 1.54) is 24.3 Å². The van der Waals surface area contributed by atoms with Crippen LogP contribution in [0.4, 0.5) is 10.5 Å². The third kappa shape index (κ3) is 5.93. The van der Waals surface area contributed by atoms with Gasteiger partial charge in [-0.1, -0.05) is 46.4 Å². The average molecular weight is 485 g/mol. The van der Waals surface area contributed by atoms with E-state index in [2.05, 4.69) is 16.2 Å². The van der Waals surface area contributed by atoms with Crippen molar-refractivity contribution >= 4 is 64.0 Å². The van der Waals surface area contributed by atoms with Gasteiger partial charge in [0, 0.05) is 16.3 Å². The molecule has 0 bridgehead atoms. The molecule has 154 valence electrons. The first-order valence-electron chi connectivity index (χ1n) is 8.37. The molecule has 10 heteroatoms. The quantitative estimate of drug-likeness (QED) is 0.367. The summed E-state index contributed by atoms with van der Waals surface area (Å²) >= 11 is 23.7. The highest BCUT2D eigenvalue weighted by Gasteiger charge is 2.11. The number of hydrogen-bond acceptors (Lipinski definition) is 3. The lowest BCUT2D eigenvalue weighted by molar-refractivity contribution is 0.0938. The first-order chi connectivity index (χ1) is 14.3. The van der Waals surface area contributed by atoms with Crippen LogP contribution in [0.15, 0.2) is 60.7 Å². The summed E-state index contributed by atoms with van der Waals surface area (Å²) in [5, 5.41) is 3.95. The van der Waals surface area contributed by atoms with E-state index >= 15 is 0 Å². The van der Waals surface area contributed by atoms with Crippen molar-refractivity contribution in [1.82, 2.24) is 10.9 Å². The Morgan fingerprint density at radius 2 is 1.47 bits per heavy atom. The Kier molecular flexibility index (Phi) is 7.29. The fourth-order valence-corrected chi connectivity index (χ4v) is 2.92. The Balaban J connectivity index is 1.55. The lowest BCUT2D eigenvalue weighted by atomic mass is 10.2. The van der Waals surface area contributed by atoms with Gasteiger partial charge in [0.2, 0.25) is 0 Å². The minimum atomic E-state index is -0.675. The van der Waals surface area contributed by atoms with Crippen LogP contribution in [-0.4, -0.2) is 11.9 Å². The van der Waals surface area contributed by atoms with Crippen LogP contribution >= 0.6 is 46.4 Å². The highest BCUT2D eigenvalue weighted by molar-refractivity contribution is 6.42. The molecule has 0 atom stereocenters. The van der Waals surface area contributed by atoms with Crippen molar-refractivity contribution in [3.05, 3.63) is 86.3 Å². The average Bonchev–Trinajstić information content (AvgIpc) is 2.72. The molecule has 0 unspecified atom stereocenters. The molecule has 0 aromatic heterocycles. The van der Waals surface area contributed by atoms with E-state index in [0.29, 0.717) is 27.2 Å². The Labute approximate surface area is 192 Å². The normalized spacial score (nSPS) is 10.3. The van der Waals surface area contributed by atoms with Gasteiger partial charge in [0.25, 0.3) is 5.91 Å². The van der Waals surface area contributed by atoms with E-state index < -0.39 is 11.9 Å². The van der Waals surface area contributed by atoms with Gasteiger partial charge in [-0.25, -0.2) is 10.2 Å². The first kappa shape index (κ1) is 22.1. The fourth-order valence-electron chi connectivity index (χ4n) is 2.28. The molecule has 3 N–H and O–H groups in total. The van der Waals surface area contributed by atoms with Gasteiger partial charge < -0.3 is 10.1 Å². The summed E-state index contributed by atoms with van der Waals surface area (Å²) in [6.45, 7) is 0. The number of ether oxygens (including phenoxy) is 1. The number of halogens is 4. The number of carbonyl (C=O) groups is 2. The topological polar surface area (TPSA) is 79.5 Å². The highest BCUT2D eigenvalue weighted by atomic mass is 35.5. The largest absolute Gasteiger partial charge is 0.456 e. The van der Waals surface area contributed by atoms with Crippen LogP contribution in [0.25, 0.3) is 0 Å². The summed E-state index contributed by atoms with van der Waals surface area (Å²) in [5.41, 5.74) is 5.11. The third-order valence-electron chi connectivity index (χ3n) is 3.70. The minimum Gasteiger partial charge on any atom is -0.456 e. The van der Waals surface area contributed by atoms with E-state index in [1.807, 2.05) is 0 Å². The van der Waals surface area contributed by atoms with Crippen LogP contribution in [0, 0.1) is 0 Å². The molecule has 0 spiro atoms. The SMILES string of the molecule is O=C(NNC(=O)c1ccc(Cl)c(Cl)c1)Nc1ccc(Oc2ccc(Cl)cc2)c(Cl)c1. The Morgan fingerprint density at radius 1 is 0.733 bits per heavy atom. The second kappa shape index (κ2) is 9.91. The number of rotatable bonds is 4. The Hall–Kier alpha value is -2.64. The van der Waals surface area contributed by atoms with Crippen molar-refractivity contribution in [1.29, 1.82) is 0 Å². The predicted molar refractivity (Wildman–Crippen MR) is 119 cm³/mol. The van der Waals surface area contributed by atoms with E-state index in [9.17, 15) is 9.59 Å². The van der Waals surface area contributed by atoms with E-state index in [0.717, 1.165) is 0 Å². The molecule has 3 aromatic rings. The van der Waals surface area contributed by atoms with Crippen LogP contribution in [0.3, 0.4) is 0 Å². The Bertz CT molecular complexity index is 1090. The van der Waals surface area contributed by atoms with Crippen molar-refractivity contribution in [2.24, 2.45) is 0 Å². The van der Waals surface area contributed by atoms with Crippen LogP contribution < -0.4 is 20.9 Å². The maximum Gasteiger partial charge on any atom is 0.337 e. The fraction of sp³-hybridized carbons (Fsp3) is 0. The van der Waals surface area contributed by atoms with Gasteiger partial charge in [-0.3, -0.25) is 10.2 Å². The zero-order valence-corrected chi connectivity index (χ0v) is 18.0. The van der Waals surface area contributed by atoms with Crippen LogP contribution in [0.2, 0.25) is 20.1 Å². The molecule has 0 aliphatic heterocycles. The monoisotopic (exact) mass is 483 g/mol. The van der Waals surface area contributed by atoms with Gasteiger partial charge in [-0.15, -0.1) is 0 Å². The molecule has 0 heterocycles. The summed E-state index contributed by atoms with van der Waals surface area (Å²) < 4.78 is 5.67. The van der Waals surface area contributed by atoms with E-state index in [1.54, 1.807) is 36.4 Å². The summed E-state index contributed by atoms with van der Waals surface area (Å²) in [5.74, 6) is 0.399. The molecule has 6 nitrogen and oxygen atoms in total. The number of anilines is 1. The zero-order chi connectivity index (χ0) is 21.7. The van der Waals surface area contributed by atoms with Crippen LogP contribution in [-0.2, 0) is 0 Å². The Morgan fingerprint density at radius 3 is 2.13 bits per heavy atom. The number of hydrogen-bond donors (Lipinski definition) is 3. The summed E-state index contributed by atoms with van der Waals surface area (Å²) in [4.78, 5) is 24.1. The van der Waals surface area contributed by atoms with Crippen molar-refractivity contribution < 1.29 is 14.3 Å². The van der Waals surface area contributed by atoms with Gasteiger partial charge in [0.1, 0.15) is 11.5 Å². The second-order valence-electron chi connectivity index (χ2n) is 5.86. The summed E-state index contributed by atoms with van der Waals surface area (Å²) in [7, 11) is 0. The van der Waals surface area contributed by atoms with Crippen molar-refractivity contribution in [2.75, 3.05) is 5.32 Å². The lowest BCUT2D eigenvalue weighted by Crippen LogP contribution is -2.43. The smallest absolute Gasteiger partial charge is 0.337 e. The van der Waals surface area contributed by atoms with Crippen molar-refractivity contribution in [3.8, 4) is 11.5 Å². The molecule has 0 saturated carbocycles. The molecule has 0 fully saturated rings. The van der Waals surface area contributed by atoms with Gasteiger partial charge in [-0.05, 0) is 60.7 Å². The zero-order valence-electron chi connectivity index (χ0n) is 15.0. The molecular formula is C20H13Cl4N3O3. The van der Waals surface area contributed by atoms with Crippen LogP contribution in [0.1, 0.15) is 10.4 Å². The van der Waals surface area contributed by atoms with E-state index in [4.69, 9.17) is 51.1 Å². The van der Waals surface area contributed by atoms with Crippen molar-refractivity contribution in [2.45, 2.75) is 0 Å². The molecule has 3 aromatic carbocycles. The first-order valence-corrected chi connectivity index (χ1v) is 9.88. The minimum absolute atomic E-state index is 0.226. The molecule has 0 saturated heterocycles. The molecule has 3 amide bonds. The maximum absolute atomic E-state index is 12.1. The number of amides is 3. The standard InChI is InChI=1S/C20H13Cl4N3O3/c21-12-2-5-14(6-3-12)30-18-8-4-13(10-17(18)24)25-20(29)27-26-19(28)11-1-7-15(22)16(23)9-11/h1-10H,(H,26,28)(H2,25,27,29). The highest BCUT2D eigenvalue weighted by Crippen LogP contribution is 2.32. The third-order valence-corrected chi connectivity index (χ3v) is 4.99. The molecular weight excluding hydrogens is 472 g/mol. The summed E-state index contributed by atoms with van der Waals surface area (Å²) in [6, 6.07) is 15.2. The van der Waals surface area contributed by atoms with Gasteiger partial charge in [0.05, 0.1) is 15.1 Å². The molecule has 30 heavy (non-hydrogen) atoms. The molecule has 0 aliphatic rings. The lowest BCUT2D eigenvalue weighted by Gasteiger charge is -2.12. The predicted octanol–water partition coefficient (Wildman–Crippen LogP) is 6.56. The van der Waals surface area contributed by atoms with Crippen molar-refractivity contribution in [3.63, 3.8) is 0 Å². The van der Waals surface area contributed by atoms with E-state index in [-0.39, 0.29) is 15.6 Å². The van der Waals surface area contributed by atoms with Gasteiger partial charge >= 0.3 is 6.03 Å². The molecule has 0 radical (unpaired) electrons. The maximum atomic E-state index is 12.1. The number of nitrogens with one attached hydrogen (secondary N) is 3. The van der Waals surface area contributed by atoms with Gasteiger partial charge in [-0.2, -0.15) is 0 Å². The van der Waals surface area contributed by atoms with Crippen LogP contribution in [0.5, 0.6) is 11.5 Å². The van der Waals surface area contributed by atoms with Gasteiger partial charge in [0.15, 0.2) is 0 Å². The number of benzene rings is 3. The molecule has 0 aliphatic carbocycles. The number of carbonyl (C=O) groups excluding carboxylic acids is 2. The number of urea groups is 1. The summed E-state index contributed by atoms with van der Waals surface area (Å²) in [6.07, 6.45) is 0. The second-order valence-corrected chi connectivity index (χ2v) is 7.52. The molecule has 3 rings (SSSR count). The number of hydrazine groups is 1.